The molecule has 3 heterocycles. The molecule has 0 bridgehead atoms. The fourth-order valence-corrected chi connectivity index (χ4v) is 6.63. The maximum Gasteiger partial charge on any atom is 0.235 e. The molecule has 1 atom stereocenters. The van der Waals surface area contributed by atoms with Gasteiger partial charge in [0.25, 0.3) is 0 Å². The first-order chi connectivity index (χ1) is 18.7. The molecular formula is C29H34N8S. The summed E-state index contributed by atoms with van der Waals surface area (Å²) >= 11 is 1.66. The summed E-state index contributed by atoms with van der Waals surface area (Å²) in [6.07, 6.45) is 9.02. The predicted octanol–water partition coefficient (Wildman–Crippen LogP) is 6.08. The number of fused-ring (bicyclic) bond motifs is 1. The number of hydrogen-bond acceptors (Lipinski definition) is 8. The smallest absolute Gasteiger partial charge is 0.235 e. The second-order valence-corrected chi connectivity index (χ2v) is 11.5. The van der Waals surface area contributed by atoms with E-state index in [1.165, 1.54) is 43.2 Å². The third-order valence-electron chi connectivity index (χ3n) is 7.54. The van der Waals surface area contributed by atoms with Gasteiger partial charge in [-0.2, -0.15) is 15.0 Å². The number of hydrogen-bond donors (Lipinski definition) is 1. The molecule has 0 unspecified atom stereocenters. The molecule has 9 heteroatoms. The predicted molar refractivity (Wildman–Crippen MR) is 152 cm³/mol. The van der Waals surface area contributed by atoms with Crippen LogP contribution in [0.15, 0.2) is 59.8 Å². The van der Waals surface area contributed by atoms with Gasteiger partial charge in [0.15, 0.2) is 5.16 Å². The number of nitrogens with zero attached hydrogens (tertiary/aromatic N) is 7. The Bertz CT molecular complexity index is 1380. The molecule has 38 heavy (non-hydrogen) atoms. The van der Waals surface area contributed by atoms with Crippen molar-refractivity contribution in [3.8, 4) is 0 Å². The average Bonchev–Trinajstić information content (AvgIpc) is 3.34. The molecule has 2 aliphatic rings. The Hall–Kier alpha value is -3.46. The van der Waals surface area contributed by atoms with Crippen LogP contribution in [0.3, 0.4) is 0 Å². The molecule has 0 saturated heterocycles. The lowest BCUT2D eigenvalue weighted by atomic mass is 9.95. The topological polar surface area (TPSA) is 98.6 Å². The lowest BCUT2D eigenvalue weighted by molar-refractivity contribution is 0.330. The van der Waals surface area contributed by atoms with Crippen molar-refractivity contribution in [2.75, 3.05) is 17.2 Å². The highest BCUT2D eigenvalue weighted by Gasteiger charge is 2.27. The van der Waals surface area contributed by atoms with E-state index in [1.807, 2.05) is 0 Å². The zero-order valence-electron chi connectivity index (χ0n) is 21.8. The minimum Gasteiger partial charge on any atom is -0.368 e. The van der Waals surface area contributed by atoms with Gasteiger partial charge in [-0.3, -0.25) is 0 Å². The molecule has 1 aliphatic heterocycles. The molecule has 6 rings (SSSR count). The number of thioether (sulfide) groups is 1. The molecule has 0 spiro atoms. The van der Waals surface area contributed by atoms with Crippen LogP contribution >= 0.6 is 11.8 Å². The number of nitrogens with two attached hydrogens (primary N) is 1. The third-order valence-corrected chi connectivity index (χ3v) is 8.59. The Balaban J connectivity index is 1.29. The summed E-state index contributed by atoms with van der Waals surface area (Å²) in [4.78, 5) is 16.2. The highest BCUT2D eigenvalue weighted by Crippen LogP contribution is 2.39. The van der Waals surface area contributed by atoms with E-state index in [1.54, 1.807) is 11.8 Å². The number of para-hydroxylation sites is 1. The van der Waals surface area contributed by atoms with E-state index in [4.69, 9.17) is 10.7 Å². The number of rotatable bonds is 7. The molecule has 196 valence electrons. The lowest BCUT2D eigenvalue weighted by Gasteiger charge is -2.29. The summed E-state index contributed by atoms with van der Waals surface area (Å²) < 4.78 is 2.39. The summed E-state index contributed by atoms with van der Waals surface area (Å²) in [5.41, 5.74) is 9.94. The monoisotopic (exact) mass is 526 g/mol. The first-order valence-electron chi connectivity index (χ1n) is 13.7. The second-order valence-electron chi connectivity index (χ2n) is 10.2. The molecule has 2 N–H and O–H groups in total. The van der Waals surface area contributed by atoms with Crippen molar-refractivity contribution in [1.29, 1.82) is 0 Å². The van der Waals surface area contributed by atoms with Crippen LogP contribution in [0, 0.1) is 0 Å². The summed E-state index contributed by atoms with van der Waals surface area (Å²) in [6.45, 7) is 2.98. The quantitative estimate of drug-likeness (QED) is 0.289. The van der Waals surface area contributed by atoms with E-state index < -0.39 is 0 Å². The number of aryl methyl sites for hydroxylation is 1. The molecule has 1 saturated carbocycles. The van der Waals surface area contributed by atoms with Crippen molar-refractivity contribution in [1.82, 2.24) is 29.7 Å². The molecule has 1 aliphatic carbocycles. The number of anilines is 3. The van der Waals surface area contributed by atoms with E-state index in [2.05, 4.69) is 91.2 Å². The van der Waals surface area contributed by atoms with Crippen LogP contribution in [0.4, 0.5) is 17.6 Å². The van der Waals surface area contributed by atoms with Crippen LogP contribution in [0.2, 0.25) is 0 Å². The zero-order valence-corrected chi connectivity index (χ0v) is 22.6. The maximum atomic E-state index is 6.22. The van der Waals surface area contributed by atoms with Gasteiger partial charge in [-0.05, 0) is 49.8 Å². The Labute approximate surface area is 228 Å². The number of aromatic nitrogens is 6. The molecular weight excluding hydrogens is 492 g/mol. The third kappa shape index (κ3) is 5.25. The van der Waals surface area contributed by atoms with Gasteiger partial charge in [-0.15, -0.1) is 10.2 Å². The first-order valence-corrected chi connectivity index (χ1v) is 14.5. The number of benzene rings is 2. The van der Waals surface area contributed by atoms with Crippen molar-refractivity contribution in [2.45, 2.75) is 74.7 Å². The van der Waals surface area contributed by atoms with E-state index in [0.717, 1.165) is 42.5 Å². The van der Waals surface area contributed by atoms with Gasteiger partial charge < -0.3 is 15.2 Å². The van der Waals surface area contributed by atoms with Crippen LogP contribution in [0.25, 0.3) is 0 Å². The minimum absolute atomic E-state index is 0.0600. The normalized spacial score (nSPS) is 16.8. The molecule has 0 amide bonds. The highest BCUT2D eigenvalue weighted by atomic mass is 32.2. The minimum atomic E-state index is -0.0600. The van der Waals surface area contributed by atoms with Crippen LogP contribution in [0.1, 0.15) is 79.5 Å². The van der Waals surface area contributed by atoms with Gasteiger partial charge in [0.05, 0.1) is 5.25 Å². The molecule has 8 nitrogen and oxygen atoms in total. The molecule has 2 aromatic carbocycles. The highest BCUT2D eigenvalue weighted by molar-refractivity contribution is 7.99. The first kappa shape index (κ1) is 24.9. The van der Waals surface area contributed by atoms with E-state index in [9.17, 15) is 0 Å². The second kappa shape index (κ2) is 11.1. The van der Waals surface area contributed by atoms with Crippen LogP contribution in [-0.2, 0) is 12.8 Å². The fourth-order valence-electron chi connectivity index (χ4n) is 5.64. The molecule has 2 aromatic heterocycles. The summed E-state index contributed by atoms with van der Waals surface area (Å²) in [6, 6.07) is 19.4. The Kier molecular flexibility index (Phi) is 7.27. The SMILES string of the molecule is C[C@@H](Sc1nnc(Cc2ccccc2)n1C1CCCCC1)c1nc(N)nc(N2CCCc3ccccc32)n1. The standard InChI is InChI=1S/C29H34N8S/c1-20(26-31-27(30)33-28(32-26)36-18-10-14-22-13-8-9-17-24(22)36)38-29-35-34-25(19-21-11-4-2-5-12-21)37(29)23-15-6-3-7-16-23/h2,4-5,8-9,11-13,17,20,23H,3,6-7,10,14-16,18-19H2,1H3,(H2,30,31,32,33)/t20-/m1/s1. The van der Waals surface area contributed by atoms with Crippen molar-refractivity contribution in [2.24, 2.45) is 0 Å². The summed E-state index contributed by atoms with van der Waals surface area (Å²) in [7, 11) is 0. The van der Waals surface area contributed by atoms with Crippen LogP contribution < -0.4 is 10.6 Å². The van der Waals surface area contributed by atoms with Gasteiger partial charge in [0.1, 0.15) is 11.6 Å². The van der Waals surface area contributed by atoms with Crippen molar-refractivity contribution in [3.05, 3.63) is 77.4 Å². The summed E-state index contributed by atoms with van der Waals surface area (Å²) in [5, 5.41) is 10.2. The van der Waals surface area contributed by atoms with Crippen LogP contribution in [-0.4, -0.2) is 36.3 Å². The number of nitrogen functional groups attached to an aromatic ring is 1. The van der Waals surface area contributed by atoms with Gasteiger partial charge in [-0.1, -0.05) is 79.6 Å². The van der Waals surface area contributed by atoms with Gasteiger partial charge >= 0.3 is 0 Å². The van der Waals surface area contributed by atoms with Crippen LogP contribution in [0.5, 0.6) is 0 Å². The largest absolute Gasteiger partial charge is 0.368 e. The molecule has 4 aromatic rings. The van der Waals surface area contributed by atoms with E-state index in [0.29, 0.717) is 17.8 Å². The van der Waals surface area contributed by atoms with Crippen molar-refractivity contribution in [3.63, 3.8) is 0 Å². The average molecular weight is 527 g/mol. The lowest BCUT2D eigenvalue weighted by Crippen LogP contribution is -2.27. The zero-order chi connectivity index (χ0) is 25.9. The Morgan fingerprint density at radius 2 is 1.71 bits per heavy atom. The molecule has 1 fully saturated rings. The van der Waals surface area contributed by atoms with Crippen molar-refractivity contribution < 1.29 is 0 Å². The fraction of sp³-hybridized carbons (Fsp3) is 0.414. The van der Waals surface area contributed by atoms with Crippen molar-refractivity contribution >= 4 is 29.3 Å². The van der Waals surface area contributed by atoms with Gasteiger partial charge in [-0.25, -0.2) is 0 Å². The van der Waals surface area contributed by atoms with Gasteiger partial charge in [0, 0.05) is 24.7 Å². The Morgan fingerprint density at radius 3 is 2.55 bits per heavy atom. The Morgan fingerprint density at radius 1 is 0.921 bits per heavy atom. The summed E-state index contributed by atoms with van der Waals surface area (Å²) in [5.74, 6) is 2.56. The molecule has 0 radical (unpaired) electrons. The van der Waals surface area contributed by atoms with E-state index in [-0.39, 0.29) is 11.2 Å². The maximum absolute atomic E-state index is 6.22. The van der Waals surface area contributed by atoms with E-state index >= 15 is 0 Å². The van der Waals surface area contributed by atoms with Gasteiger partial charge in [0.2, 0.25) is 11.9 Å².